The van der Waals surface area contributed by atoms with Crippen molar-refractivity contribution in [2.45, 2.75) is 43.8 Å². The van der Waals surface area contributed by atoms with E-state index in [0.29, 0.717) is 18.5 Å². The molecule has 3 atom stereocenters. The summed E-state index contributed by atoms with van der Waals surface area (Å²) in [6.45, 7) is 0. The van der Waals surface area contributed by atoms with Gasteiger partial charge in [-0.05, 0) is 36.5 Å². The lowest BCUT2D eigenvalue weighted by atomic mass is 10.0. The minimum Gasteiger partial charge on any atom is -0.370 e. The summed E-state index contributed by atoms with van der Waals surface area (Å²) in [4.78, 5) is 51.1. The highest BCUT2D eigenvalue weighted by atomic mass is 32.2. The van der Waals surface area contributed by atoms with Gasteiger partial charge in [-0.25, -0.2) is 0 Å². The molecule has 2 aromatic rings. The summed E-state index contributed by atoms with van der Waals surface area (Å²) >= 11 is 1.56. The number of H-pyrrole nitrogens is 1. The number of para-hydroxylation sites is 1. The van der Waals surface area contributed by atoms with Crippen molar-refractivity contribution in [3.05, 3.63) is 36.0 Å². The van der Waals surface area contributed by atoms with Gasteiger partial charge in [0.2, 0.25) is 17.7 Å². The number of hydrogen-bond donors (Lipinski definition) is 5. The molecule has 0 saturated heterocycles. The number of carbonyl (C=O) groups is 4. The third kappa shape index (κ3) is 7.41. The smallest absolute Gasteiger partial charge is 0.243 e. The molecule has 9 nitrogen and oxygen atoms in total. The molecule has 2 rings (SSSR count). The maximum atomic E-state index is 12.8. The van der Waals surface area contributed by atoms with Crippen LogP contribution in [0.2, 0.25) is 0 Å². The molecule has 0 aliphatic heterocycles. The molecule has 0 radical (unpaired) electrons. The second-order valence-electron chi connectivity index (χ2n) is 7.27. The molecular weight excluding hydrogens is 418 g/mol. The Hall–Kier alpha value is -2.85. The van der Waals surface area contributed by atoms with Gasteiger partial charge < -0.3 is 31.9 Å². The lowest BCUT2D eigenvalue weighted by Crippen LogP contribution is -2.54. The zero-order valence-electron chi connectivity index (χ0n) is 17.4. The molecule has 10 heteroatoms. The average molecular weight is 448 g/mol. The molecule has 0 aliphatic rings. The van der Waals surface area contributed by atoms with Gasteiger partial charge in [-0.15, -0.1) is 0 Å². The fourth-order valence-electron chi connectivity index (χ4n) is 3.16. The van der Waals surface area contributed by atoms with Crippen LogP contribution in [0, 0.1) is 0 Å². The summed E-state index contributed by atoms with van der Waals surface area (Å²) in [5, 5.41) is 6.19. The number of amides is 3. The lowest BCUT2D eigenvalue weighted by molar-refractivity contribution is -0.131. The predicted molar refractivity (Wildman–Crippen MR) is 121 cm³/mol. The van der Waals surface area contributed by atoms with Crippen LogP contribution in [0.25, 0.3) is 10.9 Å². The second-order valence-corrected chi connectivity index (χ2v) is 8.25. The topological polar surface area (TPSA) is 160 Å². The number of primary amides is 1. The third-order valence-electron chi connectivity index (χ3n) is 4.89. The van der Waals surface area contributed by atoms with Gasteiger partial charge in [-0.3, -0.25) is 14.4 Å². The molecule has 31 heavy (non-hydrogen) atoms. The number of benzene rings is 1. The normalized spacial score (nSPS) is 13.9. The molecule has 0 unspecified atom stereocenters. The first-order valence-electron chi connectivity index (χ1n) is 9.99. The molecular formula is C21H29N5O4S. The first-order chi connectivity index (χ1) is 14.8. The fraction of sp³-hybridized carbons (Fsp3) is 0.429. The molecule has 0 fully saturated rings. The summed E-state index contributed by atoms with van der Waals surface area (Å²) in [6.07, 6.45) is 5.01. The Bertz CT molecular complexity index is 916. The van der Waals surface area contributed by atoms with Gasteiger partial charge in [0.1, 0.15) is 12.3 Å². The van der Waals surface area contributed by atoms with Gasteiger partial charge in [-0.1, -0.05) is 18.2 Å². The van der Waals surface area contributed by atoms with Crippen molar-refractivity contribution in [3.8, 4) is 0 Å². The number of nitrogens with one attached hydrogen (secondary N) is 3. The van der Waals surface area contributed by atoms with Crippen molar-refractivity contribution in [3.63, 3.8) is 0 Å². The van der Waals surface area contributed by atoms with Crippen LogP contribution in [0.15, 0.2) is 30.5 Å². The van der Waals surface area contributed by atoms with E-state index in [1.165, 1.54) is 0 Å². The van der Waals surface area contributed by atoms with Gasteiger partial charge >= 0.3 is 0 Å². The molecule has 0 bridgehead atoms. The highest BCUT2D eigenvalue weighted by Gasteiger charge is 2.26. The largest absolute Gasteiger partial charge is 0.370 e. The van der Waals surface area contributed by atoms with Crippen molar-refractivity contribution in [1.82, 2.24) is 15.6 Å². The van der Waals surface area contributed by atoms with Crippen molar-refractivity contribution in [2.75, 3.05) is 12.0 Å². The summed E-state index contributed by atoms with van der Waals surface area (Å²) < 4.78 is 0. The summed E-state index contributed by atoms with van der Waals surface area (Å²) in [5.41, 5.74) is 12.9. The molecule has 7 N–H and O–H groups in total. The highest BCUT2D eigenvalue weighted by molar-refractivity contribution is 7.98. The lowest BCUT2D eigenvalue weighted by Gasteiger charge is -2.22. The van der Waals surface area contributed by atoms with Crippen LogP contribution in [0.4, 0.5) is 0 Å². The molecule has 3 amide bonds. The van der Waals surface area contributed by atoms with E-state index in [2.05, 4.69) is 15.6 Å². The first kappa shape index (κ1) is 24.4. The molecule has 0 spiro atoms. The number of carbonyl (C=O) groups excluding carboxylic acids is 4. The average Bonchev–Trinajstić information content (AvgIpc) is 3.16. The van der Waals surface area contributed by atoms with Crippen molar-refractivity contribution >= 4 is 46.7 Å². The number of aromatic amines is 1. The maximum Gasteiger partial charge on any atom is 0.243 e. The van der Waals surface area contributed by atoms with E-state index in [9.17, 15) is 19.2 Å². The predicted octanol–water partition coefficient (Wildman–Crippen LogP) is 0.225. The number of aromatic nitrogens is 1. The number of hydrogen-bond acceptors (Lipinski definition) is 6. The number of nitrogens with two attached hydrogens (primary N) is 2. The quantitative estimate of drug-likeness (QED) is 0.276. The zero-order chi connectivity index (χ0) is 22.8. The zero-order valence-corrected chi connectivity index (χ0v) is 18.2. The van der Waals surface area contributed by atoms with Crippen LogP contribution < -0.4 is 22.1 Å². The Morgan fingerprint density at radius 3 is 2.58 bits per heavy atom. The van der Waals surface area contributed by atoms with Gasteiger partial charge in [0.05, 0.1) is 12.1 Å². The van der Waals surface area contributed by atoms with E-state index in [1.807, 2.05) is 30.5 Å². The Balaban J connectivity index is 2.06. The Kier molecular flexibility index (Phi) is 9.54. The third-order valence-corrected chi connectivity index (χ3v) is 5.53. The Labute approximate surface area is 185 Å². The second kappa shape index (κ2) is 12.1. The molecule has 1 aromatic heterocycles. The van der Waals surface area contributed by atoms with Crippen LogP contribution in [-0.4, -0.2) is 59.1 Å². The highest BCUT2D eigenvalue weighted by Crippen LogP contribution is 2.18. The van der Waals surface area contributed by atoms with Crippen LogP contribution >= 0.6 is 11.8 Å². The summed E-state index contributed by atoms with van der Waals surface area (Å²) in [5.74, 6) is -0.948. The van der Waals surface area contributed by atoms with E-state index >= 15 is 0 Å². The standard InChI is InChI=1S/C21H29N5O4S/c1-31-9-8-16(22)20(29)26-18(6-7-19(23)28)21(30)25-14(12-27)10-13-11-24-17-5-3-2-4-15(13)17/h2-5,11-12,14,16,18,24H,6-10,22H2,1H3,(H2,23,28)(H,25,30)(H,26,29)/t14-,16-,18-/m0/s1. The monoisotopic (exact) mass is 447 g/mol. The van der Waals surface area contributed by atoms with Gasteiger partial charge in [0, 0.05) is 29.9 Å². The van der Waals surface area contributed by atoms with Crippen LogP contribution in [0.5, 0.6) is 0 Å². The number of rotatable bonds is 13. The SMILES string of the molecule is CSCC[C@H](N)C(=O)N[C@@H](CCC(N)=O)C(=O)N[C@H](C=O)Cc1c[nH]c2ccccc12. The molecule has 0 aliphatic carbocycles. The van der Waals surface area contributed by atoms with Crippen molar-refractivity contribution in [1.29, 1.82) is 0 Å². The van der Waals surface area contributed by atoms with E-state index in [-0.39, 0.29) is 19.3 Å². The molecule has 1 heterocycles. The van der Waals surface area contributed by atoms with Crippen molar-refractivity contribution in [2.24, 2.45) is 11.5 Å². The maximum absolute atomic E-state index is 12.8. The fourth-order valence-corrected chi connectivity index (χ4v) is 3.65. The Morgan fingerprint density at radius 2 is 1.90 bits per heavy atom. The molecule has 1 aromatic carbocycles. The Morgan fingerprint density at radius 1 is 1.16 bits per heavy atom. The van der Waals surface area contributed by atoms with Gasteiger partial charge in [0.25, 0.3) is 0 Å². The number of fused-ring (bicyclic) bond motifs is 1. The van der Waals surface area contributed by atoms with E-state index in [4.69, 9.17) is 11.5 Å². The van der Waals surface area contributed by atoms with Gasteiger partial charge in [0.15, 0.2) is 0 Å². The van der Waals surface area contributed by atoms with Crippen molar-refractivity contribution < 1.29 is 19.2 Å². The molecule has 0 saturated carbocycles. The van der Waals surface area contributed by atoms with Gasteiger partial charge in [-0.2, -0.15) is 11.8 Å². The summed E-state index contributed by atoms with van der Waals surface area (Å²) in [7, 11) is 0. The minimum absolute atomic E-state index is 0.0147. The van der Waals surface area contributed by atoms with E-state index < -0.39 is 35.8 Å². The van der Waals surface area contributed by atoms with E-state index in [0.717, 1.165) is 16.5 Å². The minimum atomic E-state index is -1.02. The summed E-state index contributed by atoms with van der Waals surface area (Å²) in [6, 6.07) is 5.04. The van der Waals surface area contributed by atoms with Crippen LogP contribution in [-0.2, 0) is 25.6 Å². The first-order valence-corrected chi connectivity index (χ1v) is 11.4. The number of thioether (sulfide) groups is 1. The van der Waals surface area contributed by atoms with E-state index in [1.54, 1.807) is 18.0 Å². The molecule has 168 valence electrons. The van der Waals surface area contributed by atoms with Crippen LogP contribution in [0.1, 0.15) is 24.8 Å². The number of aldehydes is 1. The van der Waals surface area contributed by atoms with Crippen LogP contribution in [0.3, 0.4) is 0 Å².